The molecule has 0 N–H and O–H groups in total. The van der Waals surface area contributed by atoms with E-state index in [1.54, 1.807) is 11.8 Å². The Hall–Kier alpha value is -1.86. The molecule has 2 fully saturated rings. The first-order valence-electron chi connectivity index (χ1n) is 11.7. The van der Waals surface area contributed by atoms with Gasteiger partial charge < -0.3 is 9.47 Å². The van der Waals surface area contributed by atoms with Gasteiger partial charge in [-0.15, -0.1) is 10.2 Å². The number of likely N-dealkylation sites (tertiary alicyclic amines) is 2. The van der Waals surface area contributed by atoms with Crippen molar-refractivity contribution in [1.29, 1.82) is 0 Å². The van der Waals surface area contributed by atoms with Crippen molar-refractivity contribution in [2.75, 3.05) is 38.5 Å². The van der Waals surface area contributed by atoms with Crippen molar-refractivity contribution in [3.8, 4) is 0 Å². The van der Waals surface area contributed by atoms with Gasteiger partial charge >= 0.3 is 0 Å². The third-order valence-corrected chi connectivity index (χ3v) is 7.61. The van der Waals surface area contributed by atoms with E-state index in [0.29, 0.717) is 24.3 Å². The second-order valence-electron chi connectivity index (χ2n) is 8.92. The van der Waals surface area contributed by atoms with Gasteiger partial charge in [-0.25, -0.2) is 0 Å². The SMILES string of the molecule is CCSc1nnc(C2CCCN(CC(=O)N3CCC(Cc4ccccc4)CC3)C2)n1C. The molecule has 6 nitrogen and oxygen atoms in total. The van der Waals surface area contributed by atoms with Crippen LogP contribution in [-0.4, -0.2) is 68.9 Å². The Labute approximate surface area is 190 Å². The number of thioether (sulfide) groups is 1. The average Bonchev–Trinajstić information content (AvgIpc) is 3.15. The molecular formula is C24H35N5OS. The lowest BCUT2D eigenvalue weighted by atomic mass is 9.90. The smallest absolute Gasteiger partial charge is 0.236 e. The molecule has 0 saturated carbocycles. The molecule has 2 saturated heterocycles. The summed E-state index contributed by atoms with van der Waals surface area (Å²) in [7, 11) is 2.07. The van der Waals surface area contributed by atoms with Crippen molar-refractivity contribution in [2.45, 2.75) is 50.1 Å². The molecule has 1 aromatic heterocycles. The van der Waals surface area contributed by atoms with Crippen LogP contribution >= 0.6 is 11.8 Å². The molecule has 3 heterocycles. The van der Waals surface area contributed by atoms with Gasteiger partial charge in [0.15, 0.2) is 5.16 Å². The minimum atomic E-state index is 0.291. The number of aromatic nitrogens is 3. The summed E-state index contributed by atoms with van der Waals surface area (Å²) < 4.78 is 2.14. The van der Waals surface area contributed by atoms with Crippen LogP contribution in [0.2, 0.25) is 0 Å². The number of benzene rings is 1. The summed E-state index contributed by atoms with van der Waals surface area (Å²) in [5.41, 5.74) is 1.41. The van der Waals surface area contributed by atoms with E-state index in [1.807, 2.05) is 0 Å². The number of hydrogen-bond donors (Lipinski definition) is 0. The highest BCUT2D eigenvalue weighted by Gasteiger charge is 2.29. The lowest BCUT2D eigenvalue weighted by molar-refractivity contribution is -0.134. The molecule has 0 aliphatic carbocycles. The molecule has 0 bridgehead atoms. The molecule has 2 aliphatic rings. The van der Waals surface area contributed by atoms with Gasteiger partial charge in [-0.05, 0) is 55.9 Å². The molecule has 2 aromatic rings. The van der Waals surface area contributed by atoms with E-state index in [2.05, 4.69) is 68.9 Å². The van der Waals surface area contributed by atoms with E-state index in [0.717, 1.165) is 75.0 Å². The molecule has 4 rings (SSSR count). The highest BCUT2D eigenvalue weighted by Crippen LogP contribution is 2.28. The zero-order valence-electron chi connectivity index (χ0n) is 18.9. The second-order valence-corrected chi connectivity index (χ2v) is 10.2. The first-order valence-corrected chi connectivity index (χ1v) is 12.7. The van der Waals surface area contributed by atoms with Gasteiger partial charge in [-0.1, -0.05) is 49.0 Å². The summed E-state index contributed by atoms with van der Waals surface area (Å²) >= 11 is 1.73. The van der Waals surface area contributed by atoms with E-state index < -0.39 is 0 Å². The van der Waals surface area contributed by atoms with Crippen molar-refractivity contribution >= 4 is 17.7 Å². The van der Waals surface area contributed by atoms with E-state index >= 15 is 0 Å². The summed E-state index contributed by atoms with van der Waals surface area (Å²) in [6, 6.07) is 10.7. The number of carbonyl (C=O) groups excluding carboxylic acids is 1. The number of rotatable bonds is 7. The molecule has 168 valence electrons. The molecule has 0 radical (unpaired) electrons. The van der Waals surface area contributed by atoms with Crippen LogP contribution in [0.5, 0.6) is 0 Å². The summed E-state index contributed by atoms with van der Waals surface area (Å²) in [6.45, 7) is 6.37. The highest BCUT2D eigenvalue weighted by atomic mass is 32.2. The molecule has 7 heteroatoms. The van der Waals surface area contributed by atoms with Crippen LogP contribution in [-0.2, 0) is 18.3 Å². The van der Waals surface area contributed by atoms with E-state index in [-0.39, 0.29) is 0 Å². The Morgan fingerprint density at radius 2 is 1.87 bits per heavy atom. The topological polar surface area (TPSA) is 54.3 Å². The molecule has 1 unspecified atom stereocenters. The maximum Gasteiger partial charge on any atom is 0.236 e. The second kappa shape index (κ2) is 10.6. The van der Waals surface area contributed by atoms with Gasteiger partial charge in [0.05, 0.1) is 6.54 Å². The third-order valence-electron chi connectivity index (χ3n) is 6.71. The van der Waals surface area contributed by atoms with E-state index in [4.69, 9.17) is 0 Å². The van der Waals surface area contributed by atoms with E-state index in [1.165, 1.54) is 5.56 Å². The molecular weight excluding hydrogens is 406 g/mol. The molecule has 1 amide bonds. The van der Waals surface area contributed by atoms with E-state index in [9.17, 15) is 4.79 Å². The lowest BCUT2D eigenvalue weighted by Crippen LogP contribution is -2.46. The Kier molecular flexibility index (Phi) is 7.67. The van der Waals surface area contributed by atoms with Crippen LogP contribution < -0.4 is 0 Å². The highest BCUT2D eigenvalue weighted by molar-refractivity contribution is 7.99. The van der Waals surface area contributed by atoms with Crippen LogP contribution in [0.4, 0.5) is 0 Å². The van der Waals surface area contributed by atoms with Gasteiger partial charge in [0, 0.05) is 32.6 Å². The summed E-state index contributed by atoms with van der Waals surface area (Å²) in [5.74, 6) is 3.41. The summed E-state index contributed by atoms with van der Waals surface area (Å²) in [5, 5.41) is 9.82. The van der Waals surface area contributed by atoms with Crippen LogP contribution in [0.25, 0.3) is 0 Å². The number of hydrogen-bond acceptors (Lipinski definition) is 5. The van der Waals surface area contributed by atoms with Crippen molar-refractivity contribution in [3.05, 3.63) is 41.7 Å². The zero-order chi connectivity index (χ0) is 21.6. The average molecular weight is 442 g/mol. The number of piperidine rings is 2. The maximum atomic E-state index is 13.0. The Morgan fingerprint density at radius 3 is 2.61 bits per heavy atom. The standard InChI is InChI=1S/C24H35N5OS/c1-3-31-24-26-25-23(27(24)2)21-10-7-13-28(17-21)18-22(30)29-14-11-20(12-15-29)16-19-8-5-4-6-9-19/h4-6,8-9,20-21H,3,7,10-18H2,1-2H3. The van der Waals surface area contributed by atoms with Crippen molar-refractivity contribution in [1.82, 2.24) is 24.6 Å². The fourth-order valence-corrected chi connectivity index (χ4v) is 5.62. The minimum Gasteiger partial charge on any atom is -0.342 e. The molecule has 0 spiro atoms. The van der Waals surface area contributed by atoms with Crippen LogP contribution in [0, 0.1) is 5.92 Å². The molecule has 1 atom stereocenters. The van der Waals surface area contributed by atoms with Crippen molar-refractivity contribution < 1.29 is 4.79 Å². The predicted molar refractivity (Wildman–Crippen MR) is 125 cm³/mol. The minimum absolute atomic E-state index is 0.291. The fourth-order valence-electron chi connectivity index (χ4n) is 4.97. The zero-order valence-corrected chi connectivity index (χ0v) is 19.7. The van der Waals surface area contributed by atoms with Crippen molar-refractivity contribution in [2.24, 2.45) is 13.0 Å². The van der Waals surface area contributed by atoms with Crippen LogP contribution in [0.3, 0.4) is 0 Å². The van der Waals surface area contributed by atoms with Crippen LogP contribution in [0.15, 0.2) is 35.5 Å². The quantitative estimate of drug-likeness (QED) is 0.615. The van der Waals surface area contributed by atoms with Gasteiger partial charge in [0.2, 0.25) is 5.91 Å². The van der Waals surface area contributed by atoms with Crippen LogP contribution in [0.1, 0.15) is 49.9 Å². The van der Waals surface area contributed by atoms with Gasteiger partial charge in [-0.3, -0.25) is 9.69 Å². The Bertz CT molecular complexity index is 847. The predicted octanol–water partition coefficient (Wildman–Crippen LogP) is 3.59. The number of amides is 1. The fraction of sp³-hybridized carbons (Fsp3) is 0.625. The van der Waals surface area contributed by atoms with Crippen molar-refractivity contribution in [3.63, 3.8) is 0 Å². The van der Waals surface area contributed by atoms with Gasteiger partial charge in [0.1, 0.15) is 5.82 Å². The first kappa shape index (κ1) is 22.3. The molecule has 1 aromatic carbocycles. The Morgan fingerprint density at radius 1 is 1.10 bits per heavy atom. The molecule has 31 heavy (non-hydrogen) atoms. The summed E-state index contributed by atoms with van der Waals surface area (Å²) in [4.78, 5) is 17.4. The first-order chi connectivity index (χ1) is 15.1. The lowest BCUT2D eigenvalue weighted by Gasteiger charge is -2.36. The largest absolute Gasteiger partial charge is 0.342 e. The number of carbonyl (C=O) groups is 1. The third kappa shape index (κ3) is 5.69. The number of nitrogens with zero attached hydrogens (tertiary/aromatic N) is 5. The normalized spacial score (nSPS) is 20.8. The maximum absolute atomic E-state index is 13.0. The Balaban J connectivity index is 1.26. The summed E-state index contributed by atoms with van der Waals surface area (Å²) in [6.07, 6.45) is 5.59. The monoisotopic (exact) mass is 441 g/mol. The van der Waals surface area contributed by atoms with Gasteiger partial charge in [0.25, 0.3) is 0 Å². The van der Waals surface area contributed by atoms with Gasteiger partial charge in [-0.2, -0.15) is 0 Å². The molecule has 2 aliphatic heterocycles.